The average molecular weight is 334 g/mol. The largest absolute Gasteiger partial charge is 0.379 e. The molecule has 0 radical (unpaired) electrons. The Morgan fingerprint density at radius 3 is 2.42 bits per heavy atom. The number of halogens is 1. The van der Waals surface area contributed by atoms with E-state index < -0.39 is 17.8 Å². The first kappa shape index (κ1) is 15.7. The van der Waals surface area contributed by atoms with E-state index in [1.54, 1.807) is 12.1 Å². The van der Waals surface area contributed by atoms with Crippen LogP contribution in [0.5, 0.6) is 0 Å². The standard InChI is InChI=1S/C14H15FN6O3/c15-9-3-1-2-4-10(9)17-14(23)21-7-5-20(6-8-21)13(22)11-12(16)19-24-18-11/h1-4H,5-8H2,(H2,16,19)(H,17,23). The second-order valence-electron chi connectivity index (χ2n) is 5.19. The van der Waals surface area contributed by atoms with Gasteiger partial charge in [0.1, 0.15) is 5.82 Å². The molecular formula is C14H15FN6O3. The van der Waals surface area contributed by atoms with E-state index in [1.807, 2.05) is 0 Å². The van der Waals surface area contributed by atoms with Gasteiger partial charge in [-0.2, -0.15) is 0 Å². The number of hydrogen-bond donors (Lipinski definition) is 2. The number of nitrogen functional groups attached to an aromatic ring is 1. The maximum atomic E-state index is 13.6. The number of rotatable bonds is 2. The third-order valence-corrected chi connectivity index (χ3v) is 3.69. The van der Waals surface area contributed by atoms with Crippen LogP contribution in [-0.2, 0) is 0 Å². The van der Waals surface area contributed by atoms with Gasteiger partial charge in [-0.1, -0.05) is 12.1 Å². The van der Waals surface area contributed by atoms with E-state index in [9.17, 15) is 14.0 Å². The monoisotopic (exact) mass is 334 g/mol. The Hall–Kier alpha value is -3.17. The second-order valence-corrected chi connectivity index (χ2v) is 5.19. The fourth-order valence-electron chi connectivity index (χ4n) is 2.36. The minimum Gasteiger partial charge on any atom is -0.379 e. The summed E-state index contributed by atoms with van der Waals surface area (Å²) < 4.78 is 18.0. The van der Waals surface area contributed by atoms with E-state index in [0.717, 1.165) is 0 Å². The van der Waals surface area contributed by atoms with Crippen molar-refractivity contribution in [2.45, 2.75) is 0 Å². The molecule has 3 rings (SSSR count). The van der Waals surface area contributed by atoms with Crippen LogP contribution in [0.2, 0.25) is 0 Å². The molecule has 0 unspecified atom stereocenters. The zero-order valence-electron chi connectivity index (χ0n) is 12.6. The van der Waals surface area contributed by atoms with Crippen LogP contribution in [0.3, 0.4) is 0 Å². The number of para-hydroxylation sites is 1. The topological polar surface area (TPSA) is 118 Å². The number of urea groups is 1. The summed E-state index contributed by atoms with van der Waals surface area (Å²) in [5, 5.41) is 9.35. The van der Waals surface area contributed by atoms with Gasteiger partial charge in [0.15, 0.2) is 0 Å². The average Bonchev–Trinajstić information content (AvgIpc) is 3.02. The van der Waals surface area contributed by atoms with Crippen molar-refractivity contribution in [3.05, 3.63) is 35.8 Å². The van der Waals surface area contributed by atoms with Gasteiger partial charge in [0.2, 0.25) is 11.5 Å². The van der Waals surface area contributed by atoms with Crippen LogP contribution in [-0.4, -0.2) is 58.2 Å². The quantitative estimate of drug-likeness (QED) is 0.838. The van der Waals surface area contributed by atoms with Crippen LogP contribution in [0.15, 0.2) is 28.9 Å². The summed E-state index contributed by atoms with van der Waals surface area (Å²) in [7, 11) is 0. The second kappa shape index (κ2) is 6.52. The van der Waals surface area contributed by atoms with E-state index in [0.29, 0.717) is 26.2 Å². The third kappa shape index (κ3) is 3.12. The molecule has 0 atom stereocenters. The van der Waals surface area contributed by atoms with E-state index in [-0.39, 0.29) is 17.2 Å². The van der Waals surface area contributed by atoms with Gasteiger partial charge >= 0.3 is 6.03 Å². The molecule has 1 fully saturated rings. The summed E-state index contributed by atoms with van der Waals surface area (Å²) in [5.74, 6) is -0.976. The number of anilines is 2. The minimum atomic E-state index is -0.506. The van der Waals surface area contributed by atoms with Crippen LogP contribution in [0.25, 0.3) is 0 Å². The molecule has 10 heteroatoms. The molecule has 9 nitrogen and oxygen atoms in total. The molecule has 0 aliphatic carbocycles. The first-order chi connectivity index (χ1) is 11.6. The Kier molecular flexibility index (Phi) is 4.27. The SMILES string of the molecule is Nc1nonc1C(=O)N1CCN(C(=O)Nc2ccccc2F)CC1. The summed E-state index contributed by atoms with van der Waals surface area (Å²) in [6.07, 6.45) is 0. The van der Waals surface area contributed by atoms with Crippen molar-refractivity contribution in [1.29, 1.82) is 0 Å². The van der Waals surface area contributed by atoms with Crippen molar-refractivity contribution < 1.29 is 18.6 Å². The van der Waals surface area contributed by atoms with E-state index >= 15 is 0 Å². The highest BCUT2D eigenvalue weighted by atomic mass is 19.1. The normalized spacial score (nSPS) is 14.5. The highest BCUT2D eigenvalue weighted by Crippen LogP contribution is 2.15. The summed E-state index contributed by atoms with van der Waals surface area (Å²) in [5.41, 5.74) is 5.57. The smallest absolute Gasteiger partial charge is 0.322 e. The fourth-order valence-corrected chi connectivity index (χ4v) is 2.36. The number of carbonyl (C=O) groups is 2. The minimum absolute atomic E-state index is 0.0424. The van der Waals surface area contributed by atoms with E-state index in [4.69, 9.17) is 5.73 Å². The summed E-state index contributed by atoms with van der Waals surface area (Å²) >= 11 is 0. The molecule has 1 aromatic carbocycles. The van der Waals surface area contributed by atoms with Crippen LogP contribution < -0.4 is 11.1 Å². The van der Waals surface area contributed by atoms with Crippen molar-refractivity contribution in [1.82, 2.24) is 20.1 Å². The Morgan fingerprint density at radius 2 is 1.79 bits per heavy atom. The molecule has 24 heavy (non-hydrogen) atoms. The number of nitrogens with one attached hydrogen (secondary N) is 1. The maximum Gasteiger partial charge on any atom is 0.322 e. The number of nitrogens with zero attached hydrogens (tertiary/aromatic N) is 4. The van der Waals surface area contributed by atoms with Gasteiger partial charge in [-0.25, -0.2) is 13.8 Å². The highest BCUT2D eigenvalue weighted by Gasteiger charge is 2.28. The predicted octanol–water partition coefficient (Wildman–Crippen LogP) is 0.781. The van der Waals surface area contributed by atoms with Crippen molar-refractivity contribution >= 4 is 23.4 Å². The molecule has 1 aliphatic rings. The lowest BCUT2D eigenvalue weighted by atomic mass is 10.2. The lowest BCUT2D eigenvalue weighted by molar-refractivity contribution is 0.0661. The number of hydrogen-bond acceptors (Lipinski definition) is 6. The summed E-state index contributed by atoms with van der Waals surface area (Å²) in [6, 6.07) is 5.50. The predicted molar refractivity (Wildman–Crippen MR) is 81.6 cm³/mol. The molecule has 1 aliphatic heterocycles. The Labute approximate surface area is 136 Å². The Morgan fingerprint density at radius 1 is 1.12 bits per heavy atom. The van der Waals surface area contributed by atoms with Gasteiger partial charge in [0.25, 0.3) is 5.91 Å². The van der Waals surface area contributed by atoms with Crippen molar-refractivity contribution in [2.24, 2.45) is 0 Å². The van der Waals surface area contributed by atoms with Crippen molar-refractivity contribution in [2.75, 3.05) is 37.2 Å². The van der Waals surface area contributed by atoms with Gasteiger partial charge < -0.3 is 20.9 Å². The zero-order chi connectivity index (χ0) is 17.1. The molecule has 0 saturated carbocycles. The first-order valence-electron chi connectivity index (χ1n) is 7.24. The maximum absolute atomic E-state index is 13.6. The number of carbonyl (C=O) groups excluding carboxylic acids is 2. The lowest BCUT2D eigenvalue weighted by Crippen LogP contribution is -2.51. The lowest BCUT2D eigenvalue weighted by Gasteiger charge is -2.34. The van der Waals surface area contributed by atoms with Crippen molar-refractivity contribution in [3.63, 3.8) is 0 Å². The molecule has 126 valence electrons. The van der Waals surface area contributed by atoms with Crippen LogP contribution in [0, 0.1) is 5.82 Å². The molecule has 2 heterocycles. The molecule has 3 N–H and O–H groups in total. The molecule has 3 amide bonds. The van der Waals surface area contributed by atoms with E-state index in [1.165, 1.54) is 21.9 Å². The number of piperazine rings is 1. The molecular weight excluding hydrogens is 319 g/mol. The van der Waals surface area contributed by atoms with Crippen LogP contribution >= 0.6 is 0 Å². The number of nitrogens with two attached hydrogens (primary N) is 1. The summed E-state index contributed by atoms with van der Waals surface area (Å²) in [4.78, 5) is 27.4. The fraction of sp³-hybridized carbons (Fsp3) is 0.286. The Balaban J connectivity index is 1.57. The van der Waals surface area contributed by atoms with Crippen LogP contribution in [0.1, 0.15) is 10.5 Å². The molecule has 0 bridgehead atoms. The van der Waals surface area contributed by atoms with Crippen LogP contribution in [0.4, 0.5) is 20.7 Å². The molecule has 2 aromatic rings. The van der Waals surface area contributed by atoms with E-state index in [2.05, 4.69) is 20.3 Å². The van der Waals surface area contributed by atoms with Gasteiger partial charge in [-0.15, -0.1) is 0 Å². The van der Waals surface area contributed by atoms with Gasteiger partial charge in [-0.05, 0) is 22.4 Å². The Bertz CT molecular complexity index is 756. The zero-order valence-corrected chi connectivity index (χ0v) is 12.6. The van der Waals surface area contributed by atoms with Gasteiger partial charge in [0, 0.05) is 26.2 Å². The molecule has 1 aromatic heterocycles. The third-order valence-electron chi connectivity index (χ3n) is 3.69. The van der Waals surface area contributed by atoms with Gasteiger partial charge in [-0.3, -0.25) is 4.79 Å². The van der Waals surface area contributed by atoms with Crippen molar-refractivity contribution in [3.8, 4) is 0 Å². The molecule has 1 saturated heterocycles. The number of benzene rings is 1. The highest BCUT2D eigenvalue weighted by molar-refractivity contribution is 5.96. The number of amides is 3. The first-order valence-corrected chi connectivity index (χ1v) is 7.24. The summed E-state index contributed by atoms with van der Waals surface area (Å²) in [6.45, 7) is 1.21. The number of aromatic nitrogens is 2. The van der Waals surface area contributed by atoms with Gasteiger partial charge in [0.05, 0.1) is 5.69 Å². The molecule has 0 spiro atoms.